The number of nitrogens with zero attached hydrogens (tertiary/aromatic N) is 1. The topological polar surface area (TPSA) is 101 Å². The lowest BCUT2D eigenvalue weighted by molar-refractivity contribution is 0.1000. The summed E-state index contributed by atoms with van der Waals surface area (Å²) >= 11 is 6.01. The Hall–Kier alpha value is -2.86. The minimum atomic E-state index is -0.624. The van der Waals surface area contributed by atoms with Crippen molar-refractivity contribution in [3.05, 3.63) is 58.9 Å². The fourth-order valence-corrected chi connectivity index (χ4v) is 2.26. The van der Waals surface area contributed by atoms with Gasteiger partial charge in [-0.05, 0) is 30.3 Å². The van der Waals surface area contributed by atoms with E-state index in [0.717, 1.165) is 11.0 Å². The van der Waals surface area contributed by atoms with Crippen LogP contribution in [0.4, 0.5) is 5.69 Å². The molecule has 0 aliphatic carbocycles. The van der Waals surface area contributed by atoms with E-state index in [1.807, 2.05) is 6.07 Å². The van der Waals surface area contributed by atoms with Crippen LogP contribution in [-0.2, 0) is 0 Å². The highest BCUT2D eigenvalue weighted by molar-refractivity contribution is 6.34. The molecule has 0 aliphatic rings. The van der Waals surface area contributed by atoms with E-state index in [9.17, 15) is 9.59 Å². The number of aromatic nitrogens is 2. The summed E-state index contributed by atoms with van der Waals surface area (Å²) in [7, 11) is 0. The number of amides is 2. The third-order valence-corrected chi connectivity index (χ3v) is 3.48. The summed E-state index contributed by atoms with van der Waals surface area (Å²) in [5.74, 6) is -1.06. The lowest BCUT2D eigenvalue weighted by Crippen LogP contribution is -2.16. The van der Waals surface area contributed by atoms with Crippen molar-refractivity contribution in [3.8, 4) is 0 Å². The summed E-state index contributed by atoms with van der Waals surface area (Å²) < 4.78 is 0. The smallest absolute Gasteiger partial charge is 0.257 e. The first-order chi connectivity index (χ1) is 10.5. The second-order valence-electron chi connectivity index (χ2n) is 4.65. The molecule has 2 aromatic heterocycles. The van der Waals surface area contributed by atoms with Crippen LogP contribution in [0.5, 0.6) is 0 Å². The highest BCUT2D eigenvalue weighted by atomic mass is 35.5. The number of anilines is 1. The number of hydrogen-bond donors (Lipinski definition) is 3. The molecular formula is C15H11ClN4O2. The molecular weight excluding hydrogens is 304 g/mol. The molecule has 0 fully saturated rings. The Labute approximate surface area is 130 Å². The molecule has 4 N–H and O–H groups in total. The molecule has 7 heteroatoms. The van der Waals surface area contributed by atoms with Crippen LogP contribution >= 0.6 is 11.6 Å². The van der Waals surface area contributed by atoms with Gasteiger partial charge in [-0.1, -0.05) is 11.6 Å². The van der Waals surface area contributed by atoms with Crippen molar-refractivity contribution in [2.45, 2.75) is 0 Å². The molecule has 3 rings (SSSR count). The molecule has 0 saturated heterocycles. The standard InChI is InChI=1S/C15H11ClN4O2/c16-12-2-1-8(13(17)21)6-11(12)15(22)20-10-5-9-3-4-18-14(9)19-7-10/h1-7H,(H2,17,21)(H,18,19)(H,20,22). The van der Waals surface area contributed by atoms with Crippen molar-refractivity contribution >= 4 is 40.1 Å². The number of hydrogen-bond acceptors (Lipinski definition) is 3. The highest BCUT2D eigenvalue weighted by Gasteiger charge is 2.14. The maximum Gasteiger partial charge on any atom is 0.257 e. The van der Waals surface area contributed by atoms with E-state index in [0.29, 0.717) is 5.69 Å². The van der Waals surface area contributed by atoms with Crippen molar-refractivity contribution in [1.29, 1.82) is 0 Å². The van der Waals surface area contributed by atoms with Crippen molar-refractivity contribution in [2.24, 2.45) is 5.73 Å². The number of halogens is 1. The first-order valence-electron chi connectivity index (χ1n) is 6.38. The van der Waals surface area contributed by atoms with Gasteiger partial charge in [-0.3, -0.25) is 9.59 Å². The van der Waals surface area contributed by atoms with Gasteiger partial charge in [-0.2, -0.15) is 0 Å². The van der Waals surface area contributed by atoms with E-state index in [4.69, 9.17) is 17.3 Å². The molecule has 2 amide bonds. The SMILES string of the molecule is NC(=O)c1ccc(Cl)c(C(=O)Nc2cnc3[nH]ccc3c2)c1. The summed E-state index contributed by atoms with van der Waals surface area (Å²) in [6.45, 7) is 0. The van der Waals surface area contributed by atoms with Gasteiger partial charge in [0.25, 0.3) is 5.91 Å². The molecule has 0 spiro atoms. The fourth-order valence-electron chi connectivity index (χ4n) is 2.06. The van der Waals surface area contributed by atoms with Gasteiger partial charge >= 0.3 is 0 Å². The monoisotopic (exact) mass is 314 g/mol. The summed E-state index contributed by atoms with van der Waals surface area (Å²) in [5.41, 5.74) is 6.85. The fraction of sp³-hybridized carbons (Fsp3) is 0. The zero-order valence-corrected chi connectivity index (χ0v) is 12.0. The van der Waals surface area contributed by atoms with Gasteiger partial charge in [0.05, 0.1) is 22.5 Å². The summed E-state index contributed by atoms with van der Waals surface area (Å²) in [6, 6.07) is 7.92. The Balaban J connectivity index is 1.90. The van der Waals surface area contributed by atoms with E-state index in [1.165, 1.54) is 24.4 Å². The van der Waals surface area contributed by atoms with Gasteiger partial charge < -0.3 is 16.0 Å². The number of aromatic amines is 1. The third kappa shape index (κ3) is 2.64. The van der Waals surface area contributed by atoms with Crippen LogP contribution in [-0.4, -0.2) is 21.8 Å². The van der Waals surface area contributed by atoms with E-state index >= 15 is 0 Å². The molecule has 6 nitrogen and oxygen atoms in total. The van der Waals surface area contributed by atoms with E-state index in [2.05, 4.69) is 15.3 Å². The van der Waals surface area contributed by atoms with Crippen molar-refractivity contribution < 1.29 is 9.59 Å². The van der Waals surface area contributed by atoms with Crippen LogP contribution in [0, 0.1) is 0 Å². The number of nitrogens with one attached hydrogen (secondary N) is 2. The van der Waals surface area contributed by atoms with E-state index in [1.54, 1.807) is 12.3 Å². The lowest BCUT2D eigenvalue weighted by Gasteiger charge is -2.08. The van der Waals surface area contributed by atoms with Crippen LogP contribution in [0.15, 0.2) is 42.7 Å². The largest absolute Gasteiger partial charge is 0.366 e. The van der Waals surface area contributed by atoms with Gasteiger partial charge in [-0.25, -0.2) is 4.98 Å². The summed E-state index contributed by atoms with van der Waals surface area (Å²) in [4.78, 5) is 30.6. The van der Waals surface area contributed by atoms with Crippen LogP contribution < -0.4 is 11.1 Å². The number of primary amides is 1. The van der Waals surface area contributed by atoms with Crippen LogP contribution in [0.2, 0.25) is 5.02 Å². The van der Waals surface area contributed by atoms with Crippen LogP contribution in [0.1, 0.15) is 20.7 Å². The average Bonchev–Trinajstić information content (AvgIpc) is 2.94. The minimum Gasteiger partial charge on any atom is -0.366 e. The Kier molecular flexibility index (Phi) is 3.52. The second-order valence-corrected chi connectivity index (χ2v) is 5.06. The Morgan fingerprint density at radius 2 is 2.05 bits per heavy atom. The van der Waals surface area contributed by atoms with Crippen molar-refractivity contribution in [3.63, 3.8) is 0 Å². The van der Waals surface area contributed by atoms with Gasteiger partial charge in [0.15, 0.2) is 0 Å². The summed E-state index contributed by atoms with van der Waals surface area (Å²) in [6.07, 6.45) is 3.29. The Morgan fingerprint density at radius 3 is 2.82 bits per heavy atom. The molecule has 0 aliphatic heterocycles. The van der Waals surface area contributed by atoms with Gasteiger partial charge in [0.2, 0.25) is 5.91 Å². The average molecular weight is 315 g/mol. The third-order valence-electron chi connectivity index (χ3n) is 3.15. The molecule has 0 radical (unpaired) electrons. The molecule has 1 aromatic carbocycles. The first-order valence-corrected chi connectivity index (χ1v) is 6.76. The van der Waals surface area contributed by atoms with Gasteiger partial charge in [-0.15, -0.1) is 0 Å². The summed E-state index contributed by atoms with van der Waals surface area (Å²) in [5, 5.41) is 3.80. The lowest BCUT2D eigenvalue weighted by atomic mass is 10.1. The molecule has 0 atom stereocenters. The molecule has 22 heavy (non-hydrogen) atoms. The highest BCUT2D eigenvalue weighted by Crippen LogP contribution is 2.20. The van der Waals surface area contributed by atoms with E-state index < -0.39 is 11.8 Å². The van der Waals surface area contributed by atoms with Gasteiger partial charge in [0, 0.05) is 17.1 Å². The van der Waals surface area contributed by atoms with Crippen LogP contribution in [0.25, 0.3) is 11.0 Å². The van der Waals surface area contributed by atoms with Gasteiger partial charge in [0.1, 0.15) is 5.65 Å². The van der Waals surface area contributed by atoms with Crippen molar-refractivity contribution in [2.75, 3.05) is 5.32 Å². The number of H-pyrrole nitrogens is 1. The minimum absolute atomic E-state index is 0.173. The molecule has 0 unspecified atom stereocenters. The number of fused-ring (bicyclic) bond motifs is 1. The molecule has 3 aromatic rings. The molecule has 2 heterocycles. The maximum absolute atomic E-state index is 12.3. The number of rotatable bonds is 3. The Morgan fingerprint density at radius 1 is 1.23 bits per heavy atom. The van der Waals surface area contributed by atoms with E-state index in [-0.39, 0.29) is 16.1 Å². The Bertz CT molecular complexity index is 888. The zero-order chi connectivity index (χ0) is 15.7. The molecule has 110 valence electrons. The number of carbonyl (C=O) groups is 2. The van der Waals surface area contributed by atoms with Crippen molar-refractivity contribution in [1.82, 2.24) is 9.97 Å². The number of carbonyl (C=O) groups excluding carboxylic acids is 2. The zero-order valence-electron chi connectivity index (χ0n) is 11.3. The maximum atomic E-state index is 12.3. The number of benzene rings is 1. The quantitative estimate of drug-likeness (QED) is 0.692. The normalized spacial score (nSPS) is 10.6. The number of nitrogens with two attached hydrogens (primary N) is 1. The first kappa shape index (κ1) is 14.1. The second kappa shape index (κ2) is 5.50. The van der Waals surface area contributed by atoms with Crippen LogP contribution in [0.3, 0.4) is 0 Å². The molecule has 0 saturated carbocycles. The predicted molar refractivity (Wildman–Crippen MR) is 84.0 cm³/mol. The number of pyridine rings is 1. The molecule has 0 bridgehead atoms. The predicted octanol–water partition coefficient (Wildman–Crippen LogP) is 2.57.